The van der Waals surface area contributed by atoms with Crippen molar-refractivity contribution < 1.29 is 0 Å². The maximum Gasteiger partial charge on any atom is 0.126 e. The zero-order valence-electron chi connectivity index (χ0n) is 12.6. The number of aryl methyl sites for hydroxylation is 1. The molecule has 1 aromatic carbocycles. The SMILES string of the molecule is CC(N[C@@H](C)c1ccncc1)c1nc2ccccc2n1C. The van der Waals surface area contributed by atoms with Gasteiger partial charge in [-0.25, -0.2) is 4.98 Å². The largest absolute Gasteiger partial charge is 0.330 e. The molecule has 2 aromatic heterocycles. The lowest BCUT2D eigenvalue weighted by atomic mass is 10.1. The summed E-state index contributed by atoms with van der Waals surface area (Å²) in [7, 11) is 2.07. The number of rotatable bonds is 4. The molecule has 0 spiro atoms. The van der Waals surface area contributed by atoms with Crippen LogP contribution in [0, 0.1) is 0 Å². The Morgan fingerprint density at radius 3 is 2.43 bits per heavy atom. The summed E-state index contributed by atoms with van der Waals surface area (Å²) >= 11 is 0. The molecule has 0 aliphatic carbocycles. The third-order valence-corrected chi connectivity index (χ3v) is 3.92. The molecule has 108 valence electrons. The molecule has 0 aliphatic heterocycles. The van der Waals surface area contributed by atoms with Crippen LogP contribution in [0.4, 0.5) is 0 Å². The van der Waals surface area contributed by atoms with Crippen LogP contribution in [0.5, 0.6) is 0 Å². The van der Waals surface area contributed by atoms with Gasteiger partial charge in [-0.15, -0.1) is 0 Å². The second-order valence-corrected chi connectivity index (χ2v) is 5.41. The van der Waals surface area contributed by atoms with Crippen LogP contribution >= 0.6 is 0 Å². The number of imidazole rings is 1. The lowest BCUT2D eigenvalue weighted by molar-refractivity contribution is 0.468. The third kappa shape index (κ3) is 2.67. The Hall–Kier alpha value is -2.20. The standard InChI is InChI=1S/C17H20N4/c1-12(14-8-10-18-11-9-14)19-13(2)17-20-15-6-4-5-7-16(15)21(17)3/h4-13,19H,1-3H3/t12-,13?/m0/s1. The predicted octanol–water partition coefficient (Wildman–Crippen LogP) is 3.38. The molecule has 3 aromatic rings. The van der Waals surface area contributed by atoms with Crippen molar-refractivity contribution in [3.05, 3.63) is 60.2 Å². The van der Waals surface area contributed by atoms with Crippen LogP contribution < -0.4 is 5.32 Å². The second kappa shape index (κ2) is 5.66. The number of nitrogens with one attached hydrogen (secondary N) is 1. The maximum absolute atomic E-state index is 4.75. The zero-order valence-corrected chi connectivity index (χ0v) is 12.6. The molecule has 0 aliphatic rings. The molecule has 21 heavy (non-hydrogen) atoms. The molecule has 1 N–H and O–H groups in total. The van der Waals surface area contributed by atoms with E-state index in [0.29, 0.717) is 0 Å². The fourth-order valence-corrected chi connectivity index (χ4v) is 2.75. The highest BCUT2D eigenvalue weighted by atomic mass is 15.1. The Balaban J connectivity index is 1.84. The first-order valence-corrected chi connectivity index (χ1v) is 7.24. The minimum Gasteiger partial charge on any atom is -0.330 e. The molecule has 1 unspecified atom stereocenters. The van der Waals surface area contributed by atoms with Crippen LogP contribution in [0.2, 0.25) is 0 Å². The quantitative estimate of drug-likeness (QED) is 0.796. The van der Waals surface area contributed by atoms with Gasteiger partial charge in [0.05, 0.1) is 17.1 Å². The van der Waals surface area contributed by atoms with E-state index in [0.717, 1.165) is 16.9 Å². The summed E-state index contributed by atoms with van der Waals surface area (Å²) in [5, 5.41) is 3.60. The molecule has 2 atom stereocenters. The smallest absolute Gasteiger partial charge is 0.126 e. The zero-order chi connectivity index (χ0) is 14.8. The fourth-order valence-electron chi connectivity index (χ4n) is 2.75. The molecule has 0 amide bonds. The van der Waals surface area contributed by atoms with Gasteiger partial charge < -0.3 is 9.88 Å². The maximum atomic E-state index is 4.75. The molecule has 0 saturated carbocycles. The van der Waals surface area contributed by atoms with E-state index in [1.165, 1.54) is 5.56 Å². The van der Waals surface area contributed by atoms with Crippen molar-refractivity contribution in [3.63, 3.8) is 0 Å². The van der Waals surface area contributed by atoms with Gasteiger partial charge >= 0.3 is 0 Å². The van der Waals surface area contributed by atoms with Crippen LogP contribution in [-0.2, 0) is 7.05 Å². The van der Waals surface area contributed by atoms with Crippen molar-refractivity contribution in [3.8, 4) is 0 Å². The molecule has 4 nitrogen and oxygen atoms in total. The lowest BCUT2D eigenvalue weighted by Crippen LogP contribution is -2.24. The van der Waals surface area contributed by atoms with Crippen molar-refractivity contribution in [2.45, 2.75) is 25.9 Å². The molecular formula is C17H20N4. The van der Waals surface area contributed by atoms with Crippen LogP contribution in [0.3, 0.4) is 0 Å². The highest BCUT2D eigenvalue weighted by Crippen LogP contribution is 2.22. The summed E-state index contributed by atoms with van der Waals surface area (Å²) in [5.74, 6) is 1.05. The highest BCUT2D eigenvalue weighted by molar-refractivity contribution is 5.75. The molecule has 0 fully saturated rings. The number of hydrogen-bond acceptors (Lipinski definition) is 3. The van der Waals surface area contributed by atoms with Crippen molar-refractivity contribution in [2.24, 2.45) is 7.05 Å². The van der Waals surface area contributed by atoms with E-state index in [1.807, 2.05) is 36.7 Å². The van der Waals surface area contributed by atoms with Gasteiger partial charge in [-0.1, -0.05) is 12.1 Å². The average molecular weight is 280 g/mol. The second-order valence-electron chi connectivity index (χ2n) is 5.41. The minimum atomic E-state index is 0.172. The normalized spacial score (nSPS) is 14.2. The average Bonchev–Trinajstić information content (AvgIpc) is 2.86. The van der Waals surface area contributed by atoms with E-state index in [4.69, 9.17) is 4.98 Å². The fraction of sp³-hybridized carbons (Fsp3) is 0.294. The highest BCUT2D eigenvalue weighted by Gasteiger charge is 2.16. The van der Waals surface area contributed by atoms with Gasteiger partial charge in [0.1, 0.15) is 5.82 Å². The number of fused-ring (bicyclic) bond motifs is 1. The molecule has 0 radical (unpaired) electrons. The van der Waals surface area contributed by atoms with E-state index < -0.39 is 0 Å². The Morgan fingerprint density at radius 2 is 1.71 bits per heavy atom. The van der Waals surface area contributed by atoms with Gasteiger partial charge in [-0.2, -0.15) is 0 Å². The first-order chi connectivity index (χ1) is 10.2. The van der Waals surface area contributed by atoms with Gasteiger partial charge in [0, 0.05) is 25.5 Å². The number of benzene rings is 1. The monoisotopic (exact) mass is 280 g/mol. The first kappa shape index (κ1) is 13.8. The number of pyridine rings is 1. The Morgan fingerprint density at radius 1 is 1.00 bits per heavy atom. The predicted molar refractivity (Wildman–Crippen MR) is 84.9 cm³/mol. The molecular weight excluding hydrogens is 260 g/mol. The minimum absolute atomic E-state index is 0.172. The van der Waals surface area contributed by atoms with Crippen LogP contribution in [0.15, 0.2) is 48.8 Å². The number of para-hydroxylation sites is 2. The van der Waals surface area contributed by atoms with Gasteiger partial charge in [0.15, 0.2) is 0 Å². The topological polar surface area (TPSA) is 42.7 Å². The molecule has 0 bridgehead atoms. The third-order valence-electron chi connectivity index (χ3n) is 3.92. The Labute approximate surface area is 124 Å². The van der Waals surface area contributed by atoms with Gasteiger partial charge in [0.2, 0.25) is 0 Å². The van der Waals surface area contributed by atoms with Crippen molar-refractivity contribution >= 4 is 11.0 Å². The van der Waals surface area contributed by atoms with Crippen LogP contribution in [0.25, 0.3) is 11.0 Å². The first-order valence-electron chi connectivity index (χ1n) is 7.24. The van der Waals surface area contributed by atoms with Crippen molar-refractivity contribution in [2.75, 3.05) is 0 Å². The summed E-state index contributed by atoms with van der Waals surface area (Å²) in [5.41, 5.74) is 3.44. The molecule has 0 saturated heterocycles. The Kier molecular flexibility index (Phi) is 3.71. The van der Waals surface area contributed by atoms with Crippen molar-refractivity contribution in [1.29, 1.82) is 0 Å². The van der Waals surface area contributed by atoms with Crippen LogP contribution in [-0.4, -0.2) is 14.5 Å². The molecule has 4 heteroatoms. The summed E-state index contributed by atoms with van der Waals surface area (Å²) in [6.07, 6.45) is 3.65. The van der Waals surface area contributed by atoms with E-state index >= 15 is 0 Å². The number of nitrogens with zero attached hydrogens (tertiary/aromatic N) is 3. The summed E-state index contributed by atoms with van der Waals surface area (Å²) in [6, 6.07) is 12.7. The number of hydrogen-bond donors (Lipinski definition) is 1. The van der Waals surface area contributed by atoms with Crippen LogP contribution in [0.1, 0.15) is 37.3 Å². The summed E-state index contributed by atoms with van der Waals surface area (Å²) < 4.78 is 2.16. The van der Waals surface area contributed by atoms with E-state index in [1.54, 1.807) is 0 Å². The molecule has 2 heterocycles. The number of aromatic nitrogens is 3. The summed E-state index contributed by atoms with van der Waals surface area (Å²) in [6.45, 7) is 4.31. The van der Waals surface area contributed by atoms with Gasteiger partial charge in [-0.05, 0) is 43.7 Å². The van der Waals surface area contributed by atoms with E-state index in [9.17, 15) is 0 Å². The summed E-state index contributed by atoms with van der Waals surface area (Å²) in [4.78, 5) is 8.81. The van der Waals surface area contributed by atoms with E-state index in [2.05, 4.69) is 47.9 Å². The molecule has 3 rings (SSSR count). The van der Waals surface area contributed by atoms with Gasteiger partial charge in [-0.3, -0.25) is 4.98 Å². The van der Waals surface area contributed by atoms with Crippen molar-refractivity contribution in [1.82, 2.24) is 19.9 Å². The van der Waals surface area contributed by atoms with Gasteiger partial charge in [0.25, 0.3) is 0 Å². The van der Waals surface area contributed by atoms with E-state index in [-0.39, 0.29) is 12.1 Å². The lowest BCUT2D eigenvalue weighted by Gasteiger charge is -2.20. The Bertz CT molecular complexity index is 733.